The van der Waals surface area contributed by atoms with Gasteiger partial charge in [-0.1, -0.05) is 0 Å². The van der Waals surface area contributed by atoms with Gasteiger partial charge < -0.3 is 10.4 Å². The molecular weight excluding hydrogens is 218 g/mol. The molecule has 3 atom stereocenters. The summed E-state index contributed by atoms with van der Waals surface area (Å²) in [6, 6.07) is 2.96. The molecule has 16 heavy (non-hydrogen) atoms. The van der Waals surface area contributed by atoms with Gasteiger partial charge >= 0.3 is 0 Å². The maximum absolute atomic E-state index is 9.33. The minimum atomic E-state index is -0.236. The summed E-state index contributed by atoms with van der Waals surface area (Å²) in [5, 5.41) is 12.9. The van der Waals surface area contributed by atoms with E-state index in [1.165, 1.54) is 15.3 Å². The number of thiophene rings is 1. The van der Waals surface area contributed by atoms with Gasteiger partial charge in [-0.3, -0.25) is 0 Å². The highest BCUT2D eigenvalue weighted by Crippen LogP contribution is 2.26. The molecule has 0 aromatic carbocycles. The van der Waals surface area contributed by atoms with Crippen molar-refractivity contribution in [3.63, 3.8) is 0 Å². The molecular formula is C13H23NOS. The number of aryl methyl sites for hydroxylation is 2. The zero-order chi connectivity index (χ0) is 12.3. The highest BCUT2D eigenvalue weighted by Gasteiger charge is 2.14. The van der Waals surface area contributed by atoms with Crippen molar-refractivity contribution in [1.82, 2.24) is 5.32 Å². The van der Waals surface area contributed by atoms with E-state index >= 15 is 0 Å². The van der Waals surface area contributed by atoms with Crippen LogP contribution in [0.25, 0.3) is 0 Å². The zero-order valence-electron chi connectivity index (χ0n) is 10.9. The molecule has 3 unspecified atom stereocenters. The molecule has 0 saturated carbocycles. The first-order valence-electron chi connectivity index (χ1n) is 5.91. The van der Waals surface area contributed by atoms with Crippen molar-refractivity contribution in [1.29, 1.82) is 0 Å². The van der Waals surface area contributed by atoms with Crippen LogP contribution in [0.4, 0.5) is 0 Å². The van der Waals surface area contributed by atoms with Crippen LogP contribution in [0.2, 0.25) is 0 Å². The standard InChI is InChI=1S/C13H23NOS/c1-8(6-9(2)15)14-11(4)13-7-10(3)16-12(13)5/h7-9,11,14-15H,6H2,1-5H3. The second kappa shape index (κ2) is 5.80. The molecule has 0 aliphatic heterocycles. The highest BCUT2D eigenvalue weighted by molar-refractivity contribution is 7.12. The van der Waals surface area contributed by atoms with Crippen LogP contribution in [0.1, 0.15) is 48.6 Å². The van der Waals surface area contributed by atoms with Gasteiger partial charge in [0.1, 0.15) is 0 Å². The van der Waals surface area contributed by atoms with Gasteiger partial charge in [0.05, 0.1) is 6.10 Å². The van der Waals surface area contributed by atoms with Crippen LogP contribution < -0.4 is 5.32 Å². The highest BCUT2D eigenvalue weighted by atomic mass is 32.1. The van der Waals surface area contributed by atoms with Crippen molar-refractivity contribution >= 4 is 11.3 Å². The molecule has 0 spiro atoms. The van der Waals surface area contributed by atoms with E-state index in [0.717, 1.165) is 6.42 Å². The fourth-order valence-corrected chi connectivity index (χ4v) is 3.20. The zero-order valence-corrected chi connectivity index (χ0v) is 11.7. The van der Waals surface area contributed by atoms with E-state index in [9.17, 15) is 5.11 Å². The summed E-state index contributed by atoms with van der Waals surface area (Å²) in [4.78, 5) is 2.76. The van der Waals surface area contributed by atoms with Crippen molar-refractivity contribution in [3.8, 4) is 0 Å². The molecule has 2 N–H and O–H groups in total. The monoisotopic (exact) mass is 241 g/mol. The van der Waals surface area contributed by atoms with E-state index < -0.39 is 0 Å². The van der Waals surface area contributed by atoms with Gasteiger partial charge in [-0.15, -0.1) is 11.3 Å². The lowest BCUT2D eigenvalue weighted by Crippen LogP contribution is -2.31. The van der Waals surface area contributed by atoms with Gasteiger partial charge in [-0.25, -0.2) is 0 Å². The lowest BCUT2D eigenvalue weighted by molar-refractivity contribution is 0.168. The molecule has 2 nitrogen and oxygen atoms in total. The molecule has 0 saturated heterocycles. The Bertz CT molecular complexity index is 333. The third-order valence-electron chi connectivity index (χ3n) is 2.78. The SMILES string of the molecule is Cc1cc(C(C)NC(C)CC(C)O)c(C)s1. The predicted molar refractivity (Wildman–Crippen MR) is 71.1 cm³/mol. The Morgan fingerprint density at radius 3 is 2.38 bits per heavy atom. The summed E-state index contributed by atoms with van der Waals surface area (Å²) in [6.45, 7) is 10.5. The van der Waals surface area contributed by atoms with E-state index in [1.807, 2.05) is 18.3 Å². The molecule has 0 radical (unpaired) electrons. The van der Waals surface area contributed by atoms with E-state index in [2.05, 4.69) is 39.1 Å². The number of hydrogen-bond donors (Lipinski definition) is 2. The molecule has 0 aliphatic carbocycles. The minimum absolute atomic E-state index is 0.236. The van der Waals surface area contributed by atoms with Crippen LogP contribution in [-0.4, -0.2) is 17.3 Å². The van der Waals surface area contributed by atoms with Crippen LogP contribution >= 0.6 is 11.3 Å². The first-order chi connectivity index (χ1) is 7.40. The van der Waals surface area contributed by atoms with E-state index in [1.54, 1.807) is 0 Å². The first kappa shape index (κ1) is 13.7. The quantitative estimate of drug-likeness (QED) is 0.830. The number of rotatable bonds is 5. The molecule has 3 heteroatoms. The summed E-state index contributed by atoms with van der Waals surface area (Å²) in [7, 11) is 0. The average molecular weight is 241 g/mol. The number of aliphatic hydroxyl groups excluding tert-OH is 1. The Morgan fingerprint density at radius 1 is 1.31 bits per heavy atom. The molecule has 1 aromatic heterocycles. The smallest absolute Gasteiger partial charge is 0.0526 e. The van der Waals surface area contributed by atoms with Crippen molar-refractivity contribution < 1.29 is 5.11 Å². The van der Waals surface area contributed by atoms with Gasteiger partial charge in [0.2, 0.25) is 0 Å². The Hall–Kier alpha value is -0.380. The van der Waals surface area contributed by atoms with E-state index in [-0.39, 0.29) is 6.10 Å². The summed E-state index contributed by atoms with van der Waals surface area (Å²) in [5.74, 6) is 0. The molecule has 92 valence electrons. The van der Waals surface area contributed by atoms with Crippen LogP contribution in [0, 0.1) is 13.8 Å². The van der Waals surface area contributed by atoms with Crippen LogP contribution in [0.15, 0.2) is 6.07 Å². The third kappa shape index (κ3) is 3.89. The van der Waals surface area contributed by atoms with Gasteiger partial charge in [-0.05, 0) is 52.7 Å². The fourth-order valence-electron chi connectivity index (χ4n) is 2.18. The van der Waals surface area contributed by atoms with Crippen molar-refractivity contribution in [2.24, 2.45) is 0 Å². The van der Waals surface area contributed by atoms with E-state index in [4.69, 9.17) is 0 Å². The van der Waals surface area contributed by atoms with Crippen molar-refractivity contribution in [3.05, 3.63) is 21.4 Å². The molecule has 0 fully saturated rings. The van der Waals surface area contributed by atoms with Gasteiger partial charge in [-0.2, -0.15) is 0 Å². The van der Waals surface area contributed by atoms with Gasteiger partial charge in [0.15, 0.2) is 0 Å². The Morgan fingerprint density at radius 2 is 1.94 bits per heavy atom. The van der Waals surface area contributed by atoms with Gasteiger partial charge in [0, 0.05) is 21.8 Å². The van der Waals surface area contributed by atoms with Crippen LogP contribution in [-0.2, 0) is 0 Å². The van der Waals surface area contributed by atoms with Crippen molar-refractivity contribution in [2.45, 2.75) is 59.2 Å². The maximum atomic E-state index is 9.33. The first-order valence-corrected chi connectivity index (χ1v) is 6.72. The summed E-state index contributed by atoms with van der Waals surface area (Å²) >= 11 is 1.85. The molecule has 1 rings (SSSR count). The molecule has 1 heterocycles. The molecule has 1 aromatic rings. The topological polar surface area (TPSA) is 32.3 Å². The minimum Gasteiger partial charge on any atom is -0.393 e. The number of hydrogen-bond acceptors (Lipinski definition) is 3. The lowest BCUT2D eigenvalue weighted by atomic mass is 10.1. The Balaban J connectivity index is 2.58. The van der Waals surface area contributed by atoms with Crippen molar-refractivity contribution in [2.75, 3.05) is 0 Å². The number of nitrogens with one attached hydrogen (secondary N) is 1. The lowest BCUT2D eigenvalue weighted by Gasteiger charge is -2.21. The molecule has 0 bridgehead atoms. The molecule has 0 aliphatic rings. The largest absolute Gasteiger partial charge is 0.393 e. The summed E-state index contributed by atoms with van der Waals surface area (Å²) in [6.07, 6.45) is 0.562. The predicted octanol–water partition coefficient (Wildman–Crippen LogP) is 3.17. The third-order valence-corrected chi connectivity index (χ3v) is 3.76. The second-order valence-electron chi connectivity index (χ2n) is 4.74. The van der Waals surface area contributed by atoms with Gasteiger partial charge in [0.25, 0.3) is 0 Å². The molecule has 0 amide bonds. The Kier molecular flexibility index (Phi) is 4.96. The Labute approximate surface area is 103 Å². The summed E-state index contributed by atoms with van der Waals surface area (Å²) < 4.78 is 0. The summed E-state index contributed by atoms with van der Waals surface area (Å²) in [5.41, 5.74) is 1.39. The fraction of sp³-hybridized carbons (Fsp3) is 0.692. The van der Waals surface area contributed by atoms with E-state index in [0.29, 0.717) is 12.1 Å². The number of aliphatic hydroxyl groups is 1. The second-order valence-corrected chi connectivity index (χ2v) is 6.20. The van der Waals surface area contributed by atoms with Crippen LogP contribution in [0.3, 0.4) is 0 Å². The maximum Gasteiger partial charge on any atom is 0.0526 e. The van der Waals surface area contributed by atoms with Crippen LogP contribution in [0.5, 0.6) is 0 Å². The average Bonchev–Trinajstić information content (AvgIpc) is 2.43. The normalized spacial score (nSPS) is 17.1.